The molecule has 244 valence electrons. The zero-order valence-electron chi connectivity index (χ0n) is 28.5. The van der Waals surface area contributed by atoms with Gasteiger partial charge in [-0.3, -0.25) is 0 Å². The summed E-state index contributed by atoms with van der Waals surface area (Å²) in [5.41, 5.74) is 13.7. The van der Waals surface area contributed by atoms with Crippen molar-refractivity contribution in [2.75, 3.05) is 0 Å². The summed E-state index contributed by atoms with van der Waals surface area (Å²) in [4.78, 5) is 0. The second kappa shape index (κ2) is 12.2. The van der Waals surface area contributed by atoms with Crippen LogP contribution in [-0.2, 0) is 6.42 Å². The van der Waals surface area contributed by atoms with Gasteiger partial charge in [-0.2, -0.15) is 0 Å². The average Bonchev–Trinajstić information content (AvgIpc) is 3.52. The molecular weight excluding hydrogens is 591 g/mol. The first-order valence-corrected chi connectivity index (χ1v) is 19.2. The lowest BCUT2D eigenvalue weighted by atomic mass is 9.56. The zero-order chi connectivity index (χ0) is 32.3. The maximum atomic E-state index is 2.78. The number of benzene rings is 2. The second-order valence-electron chi connectivity index (χ2n) is 15.6. The van der Waals surface area contributed by atoms with Gasteiger partial charge in [0.15, 0.2) is 0 Å². The fourth-order valence-corrected chi connectivity index (χ4v) is 11.1. The SMILES string of the molecule is C1=CC2=C(n3c4c(c5c3CCC=C5)C3C(C=C4)C=C(C4C=CC(c5ccccc5)CC4)C4CCCCC43)C=CC(c3ccccc3)C2C=C1. The summed E-state index contributed by atoms with van der Waals surface area (Å²) in [7, 11) is 0. The van der Waals surface area contributed by atoms with Crippen molar-refractivity contribution in [2.45, 2.75) is 69.1 Å². The zero-order valence-corrected chi connectivity index (χ0v) is 28.5. The Balaban J connectivity index is 1.06. The first-order chi connectivity index (χ1) is 24.3. The Morgan fingerprint density at radius 3 is 2.27 bits per heavy atom. The number of hydrogen-bond acceptors (Lipinski definition) is 0. The number of allylic oxidation sites excluding steroid dienone is 14. The highest BCUT2D eigenvalue weighted by molar-refractivity contribution is 5.80. The number of fused-ring (bicyclic) bond motifs is 8. The maximum Gasteiger partial charge on any atom is 0.0497 e. The topological polar surface area (TPSA) is 4.93 Å². The van der Waals surface area contributed by atoms with Crippen molar-refractivity contribution < 1.29 is 0 Å². The summed E-state index contributed by atoms with van der Waals surface area (Å²) < 4.78 is 2.72. The quantitative estimate of drug-likeness (QED) is 0.251. The fraction of sp³-hybridized carbons (Fsp3) is 0.333. The smallest absolute Gasteiger partial charge is 0.0497 e. The lowest BCUT2D eigenvalue weighted by Gasteiger charge is -2.48. The molecule has 7 aliphatic carbocycles. The third-order valence-electron chi connectivity index (χ3n) is 13.2. The highest BCUT2D eigenvalue weighted by Gasteiger charge is 2.46. The molecule has 0 N–H and O–H groups in total. The van der Waals surface area contributed by atoms with Crippen LogP contribution < -0.4 is 0 Å². The molecule has 1 saturated carbocycles. The molecule has 3 aromatic rings. The predicted octanol–water partition coefficient (Wildman–Crippen LogP) is 12.0. The van der Waals surface area contributed by atoms with Gasteiger partial charge in [0.05, 0.1) is 0 Å². The standard InChI is InChI=1S/C48H47N/c1-3-13-32(14-4-1)33-23-25-35(26-24-33)43-31-36-27-29-46-48(47(36)41-20-10-8-18-39(41)43)42-21-11-12-22-44(42)49(46)45-30-28-37(34-15-5-2-6-16-34)38-17-7-9-19-40(38)45/h1-7,9,11,13-17,19,21,23,25,27-31,33,35-39,41,47H,8,10,12,18,20,22,24,26H2. The Labute approximate surface area is 292 Å². The lowest BCUT2D eigenvalue weighted by Crippen LogP contribution is -2.37. The van der Waals surface area contributed by atoms with Crippen LogP contribution in [-0.4, -0.2) is 4.57 Å². The van der Waals surface area contributed by atoms with Crippen LogP contribution in [0.25, 0.3) is 17.8 Å². The molecule has 0 saturated heterocycles. The van der Waals surface area contributed by atoms with E-state index in [9.17, 15) is 0 Å². The van der Waals surface area contributed by atoms with E-state index in [1.54, 1.807) is 16.7 Å². The molecule has 8 atom stereocenters. The molecule has 0 spiro atoms. The molecule has 0 aliphatic heterocycles. The van der Waals surface area contributed by atoms with Crippen molar-refractivity contribution >= 4 is 17.8 Å². The molecule has 1 aromatic heterocycles. The van der Waals surface area contributed by atoms with Gasteiger partial charge in [-0.05, 0) is 102 Å². The van der Waals surface area contributed by atoms with Gasteiger partial charge in [0.1, 0.15) is 0 Å². The van der Waals surface area contributed by atoms with E-state index < -0.39 is 0 Å². The van der Waals surface area contributed by atoms with Gasteiger partial charge in [-0.15, -0.1) is 0 Å². The summed E-state index contributed by atoms with van der Waals surface area (Å²) in [6.07, 6.45) is 42.6. The average molecular weight is 638 g/mol. The van der Waals surface area contributed by atoms with Crippen LogP contribution in [0.4, 0.5) is 0 Å². The van der Waals surface area contributed by atoms with E-state index in [1.165, 1.54) is 72.3 Å². The van der Waals surface area contributed by atoms with E-state index in [2.05, 4.69) is 144 Å². The highest BCUT2D eigenvalue weighted by Crippen LogP contribution is 2.58. The summed E-state index contributed by atoms with van der Waals surface area (Å²) in [5.74, 6) is 4.38. The van der Waals surface area contributed by atoms with E-state index in [4.69, 9.17) is 0 Å². The van der Waals surface area contributed by atoms with Crippen LogP contribution in [0.15, 0.2) is 139 Å². The molecule has 7 aliphatic rings. The number of hydrogen-bond donors (Lipinski definition) is 0. The normalized spacial score (nSPS) is 32.2. The van der Waals surface area contributed by atoms with Gasteiger partial charge in [0.25, 0.3) is 0 Å². The summed E-state index contributed by atoms with van der Waals surface area (Å²) in [5, 5.41) is 0. The van der Waals surface area contributed by atoms with Crippen molar-refractivity contribution in [1.82, 2.24) is 4.57 Å². The molecule has 1 nitrogen and oxygen atoms in total. The third kappa shape index (κ3) is 4.87. The van der Waals surface area contributed by atoms with Crippen LogP contribution in [0.1, 0.15) is 96.3 Å². The largest absolute Gasteiger partial charge is 0.313 e. The highest BCUT2D eigenvalue weighted by atomic mass is 15.0. The predicted molar refractivity (Wildman–Crippen MR) is 205 cm³/mol. The van der Waals surface area contributed by atoms with Gasteiger partial charge in [0.2, 0.25) is 0 Å². The third-order valence-corrected chi connectivity index (χ3v) is 13.2. The molecule has 1 heteroatoms. The van der Waals surface area contributed by atoms with E-state index >= 15 is 0 Å². The van der Waals surface area contributed by atoms with E-state index in [0.29, 0.717) is 41.4 Å². The molecule has 49 heavy (non-hydrogen) atoms. The Bertz CT molecular complexity index is 2000. The Morgan fingerprint density at radius 1 is 0.633 bits per heavy atom. The van der Waals surface area contributed by atoms with Crippen LogP contribution in [0.2, 0.25) is 0 Å². The van der Waals surface area contributed by atoms with Crippen molar-refractivity contribution in [2.24, 2.45) is 29.6 Å². The van der Waals surface area contributed by atoms with Gasteiger partial charge < -0.3 is 4.57 Å². The van der Waals surface area contributed by atoms with E-state index in [-0.39, 0.29) is 0 Å². The van der Waals surface area contributed by atoms with Crippen LogP contribution in [0.3, 0.4) is 0 Å². The second-order valence-corrected chi connectivity index (χ2v) is 15.6. The number of aromatic nitrogens is 1. The van der Waals surface area contributed by atoms with Crippen molar-refractivity contribution in [3.05, 3.63) is 172 Å². The van der Waals surface area contributed by atoms with E-state index in [1.807, 2.05) is 0 Å². The number of rotatable bonds is 4. The Morgan fingerprint density at radius 2 is 1.43 bits per heavy atom. The monoisotopic (exact) mass is 637 g/mol. The summed E-state index contributed by atoms with van der Waals surface area (Å²) in [6, 6.07) is 22.3. The Kier molecular flexibility index (Phi) is 7.36. The maximum absolute atomic E-state index is 2.78. The van der Waals surface area contributed by atoms with Crippen molar-refractivity contribution in [3.63, 3.8) is 0 Å². The van der Waals surface area contributed by atoms with Crippen LogP contribution in [0.5, 0.6) is 0 Å². The molecule has 0 radical (unpaired) electrons. The molecule has 1 heterocycles. The van der Waals surface area contributed by atoms with Crippen molar-refractivity contribution in [1.29, 1.82) is 0 Å². The lowest BCUT2D eigenvalue weighted by molar-refractivity contribution is 0.185. The molecule has 0 amide bonds. The Hall–Kier alpha value is -4.36. The number of nitrogens with zero attached hydrogens (tertiary/aromatic N) is 1. The molecule has 8 unspecified atom stereocenters. The minimum absolute atomic E-state index is 0.355. The minimum Gasteiger partial charge on any atom is -0.313 e. The molecule has 10 rings (SSSR count). The van der Waals surface area contributed by atoms with Gasteiger partial charge in [0, 0.05) is 40.8 Å². The van der Waals surface area contributed by atoms with Gasteiger partial charge in [-0.1, -0.05) is 146 Å². The molecular formula is C48H47N. The fourth-order valence-electron chi connectivity index (χ4n) is 11.1. The molecule has 1 fully saturated rings. The summed E-state index contributed by atoms with van der Waals surface area (Å²) >= 11 is 0. The first kappa shape index (κ1) is 29.5. The van der Waals surface area contributed by atoms with E-state index in [0.717, 1.165) is 18.8 Å². The summed E-state index contributed by atoms with van der Waals surface area (Å²) in [6.45, 7) is 0. The molecule has 2 aromatic carbocycles. The van der Waals surface area contributed by atoms with Crippen LogP contribution >= 0.6 is 0 Å². The van der Waals surface area contributed by atoms with Crippen molar-refractivity contribution in [3.8, 4) is 0 Å². The van der Waals surface area contributed by atoms with Gasteiger partial charge in [-0.25, -0.2) is 0 Å². The first-order valence-electron chi connectivity index (χ1n) is 19.2. The minimum atomic E-state index is 0.355. The van der Waals surface area contributed by atoms with Crippen LogP contribution in [0, 0.1) is 29.6 Å². The molecule has 0 bridgehead atoms. The van der Waals surface area contributed by atoms with Gasteiger partial charge >= 0.3 is 0 Å².